The molecule has 0 radical (unpaired) electrons. The summed E-state index contributed by atoms with van der Waals surface area (Å²) in [6.07, 6.45) is 4.99. The van der Waals surface area contributed by atoms with Gasteiger partial charge in [-0.1, -0.05) is 6.08 Å². The van der Waals surface area contributed by atoms with E-state index < -0.39 is 5.79 Å². The first-order valence-electron chi connectivity index (χ1n) is 3.89. The van der Waals surface area contributed by atoms with Crippen LogP contribution in [0.3, 0.4) is 0 Å². The molecular weight excluding hydrogens is 144 g/mol. The van der Waals surface area contributed by atoms with E-state index in [2.05, 4.69) is 0 Å². The zero-order valence-corrected chi connectivity index (χ0v) is 6.40. The van der Waals surface area contributed by atoms with E-state index in [9.17, 15) is 0 Å². The first-order valence-corrected chi connectivity index (χ1v) is 3.89. The van der Waals surface area contributed by atoms with Crippen molar-refractivity contribution in [3.63, 3.8) is 0 Å². The molecule has 0 heterocycles. The minimum atomic E-state index is -1.61. The first-order chi connectivity index (χ1) is 5.14. The second-order valence-corrected chi connectivity index (χ2v) is 3.05. The number of hydrogen-bond acceptors (Lipinski definition) is 3. The highest BCUT2D eigenvalue weighted by Gasteiger charge is 2.24. The van der Waals surface area contributed by atoms with Crippen molar-refractivity contribution in [1.29, 1.82) is 0 Å². The van der Waals surface area contributed by atoms with Crippen LogP contribution in [0.25, 0.3) is 0 Å². The Hall–Kier alpha value is -0.380. The fourth-order valence-corrected chi connectivity index (χ4v) is 1.27. The minimum absolute atomic E-state index is 0.166. The van der Waals surface area contributed by atoms with Crippen molar-refractivity contribution in [1.82, 2.24) is 0 Å². The average molecular weight is 158 g/mol. The summed E-state index contributed by atoms with van der Waals surface area (Å²) in [7, 11) is 0. The van der Waals surface area contributed by atoms with E-state index >= 15 is 0 Å². The van der Waals surface area contributed by atoms with Gasteiger partial charge in [-0.05, 0) is 24.8 Å². The third kappa shape index (κ3) is 2.61. The molecule has 0 fully saturated rings. The fourth-order valence-electron chi connectivity index (χ4n) is 1.27. The van der Waals surface area contributed by atoms with Crippen LogP contribution in [0.2, 0.25) is 0 Å². The molecule has 3 N–H and O–H groups in total. The van der Waals surface area contributed by atoms with Gasteiger partial charge in [0.1, 0.15) is 0 Å². The fraction of sp³-hybridized carbons (Fsp3) is 0.750. The molecule has 1 rings (SSSR count). The van der Waals surface area contributed by atoms with E-state index in [4.69, 9.17) is 15.3 Å². The van der Waals surface area contributed by atoms with Gasteiger partial charge >= 0.3 is 0 Å². The predicted molar refractivity (Wildman–Crippen MR) is 40.7 cm³/mol. The molecule has 64 valence electrons. The molecule has 0 aromatic rings. The van der Waals surface area contributed by atoms with E-state index in [0.29, 0.717) is 18.8 Å². The van der Waals surface area contributed by atoms with Crippen LogP contribution < -0.4 is 0 Å². The summed E-state index contributed by atoms with van der Waals surface area (Å²) in [5.74, 6) is -1.29. The third-order valence-electron chi connectivity index (χ3n) is 2.02. The smallest absolute Gasteiger partial charge is 0.182 e. The average Bonchev–Trinajstić information content (AvgIpc) is 1.94. The lowest BCUT2D eigenvalue weighted by Gasteiger charge is -2.25. The maximum atomic E-state index is 9.07. The SMILES string of the molecule is OCCC1C=CC(O)(O)CC1. The van der Waals surface area contributed by atoms with Crippen LogP contribution in [0.4, 0.5) is 0 Å². The molecule has 3 nitrogen and oxygen atoms in total. The topological polar surface area (TPSA) is 60.7 Å². The van der Waals surface area contributed by atoms with Crippen molar-refractivity contribution < 1.29 is 15.3 Å². The zero-order valence-electron chi connectivity index (χ0n) is 6.40. The Morgan fingerprint density at radius 1 is 1.45 bits per heavy atom. The van der Waals surface area contributed by atoms with E-state index in [-0.39, 0.29) is 6.61 Å². The summed E-state index contributed by atoms with van der Waals surface area (Å²) in [4.78, 5) is 0. The molecule has 0 spiro atoms. The lowest BCUT2D eigenvalue weighted by Crippen LogP contribution is -2.29. The van der Waals surface area contributed by atoms with Crippen LogP contribution in [0.5, 0.6) is 0 Å². The Balaban J connectivity index is 2.43. The molecule has 0 amide bonds. The highest BCUT2D eigenvalue weighted by Crippen LogP contribution is 2.25. The Morgan fingerprint density at radius 2 is 2.18 bits per heavy atom. The molecule has 0 saturated heterocycles. The molecule has 11 heavy (non-hydrogen) atoms. The number of hydrogen-bond donors (Lipinski definition) is 3. The van der Waals surface area contributed by atoms with Crippen molar-refractivity contribution in [2.24, 2.45) is 5.92 Å². The normalized spacial score (nSPS) is 28.8. The molecule has 1 aliphatic carbocycles. The summed E-state index contributed by atoms with van der Waals surface area (Å²) in [5.41, 5.74) is 0. The largest absolute Gasteiger partial charge is 0.396 e. The Morgan fingerprint density at radius 3 is 2.64 bits per heavy atom. The summed E-state index contributed by atoms with van der Waals surface area (Å²) < 4.78 is 0. The number of rotatable bonds is 2. The van der Waals surface area contributed by atoms with Crippen LogP contribution in [-0.2, 0) is 0 Å². The zero-order chi connectivity index (χ0) is 8.32. The molecule has 1 unspecified atom stereocenters. The number of allylic oxidation sites excluding steroid dienone is 1. The highest BCUT2D eigenvalue weighted by molar-refractivity contribution is 5.02. The van der Waals surface area contributed by atoms with Crippen molar-refractivity contribution in [3.8, 4) is 0 Å². The summed E-state index contributed by atoms with van der Waals surface area (Å²) in [6, 6.07) is 0. The van der Waals surface area contributed by atoms with Gasteiger partial charge in [-0.15, -0.1) is 0 Å². The molecule has 0 aromatic heterocycles. The molecule has 0 bridgehead atoms. The Labute approximate surface area is 66.0 Å². The quantitative estimate of drug-likeness (QED) is 0.392. The summed E-state index contributed by atoms with van der Waals surface area (Å²) in [6.45, 7) is 0.166. The van der Waals surface area contributed by atoms with Crippen LogP contribution in [-0.4, -0.2) is 27.7 Å². The van der Waals surface area contributed by atoms with Gasteiger partial charge in [-0.25, -0.2) is 0 Å². The molecular formula is C8H14O3. The maximum Gasteiger partial charge on any atom is 0.182 e. The minimum Gasteiger partial charge on any atom is -0.396 e. The lowest BCUT2D eigenvalue weighted by atomic mass is 9.90. The lowest BCUT2D eigenvalue weighted by molar-refractivity contribution is -0.129. The molecule has 0 aliphatic heterocycles. The van der Waals surface area contributed by atoms with Crippen LogP contribution >= 0.6 is 0 Å². The second kappa shape index (κ2) is 3.34. The van der Waals surface area contributed by atoms with Crippen LogP contribution in [0.1, 0.15) is 19.3 Å². The van der Waals surface area contributed by atoms with Crippen molar-refractivity contribution in [3.05, 3.63) is 12.2 Å². The van der Waals surface area contributed by atoms with E-state index in [1.807, 2.05) is 0 Å². The van der Waals surface area contributed by atoms with Gasteiger partial charge in [0.15, 0.2) is 5.79 Å². The predicted octanol–water partition coefficient (Wildman–Crippen LogP) is 0.0159. The van der Waals surface area contributed by atoms with Gasteiger partial charge in [0.2, 0.25) is 0 Å². The third-order valence-corrected chi connectivity index (χ3v) is 2.02. The molecule has 3 heteroatoms. The van der Waals surface area contributed by atoms with Crippen LogP contribution in [0, 0.1) is 5.92 Å². The van der Waals surface area contributed by atoms with Gasteiger partial charge in [-0.3, -0.25) is 0 Å². The van der Waals surface area contributed by atoms with Gasteiger partial charge in [0, 0.05) is 13.0 Å². The molecule has 1 atom stereocenters. The summed E-state index contributed by atoms with van der Waals surface area (Å²) >= 11 is 0. The highest BCUT2D eigenvalue weighted by atomic mass is 16.5. The van der Waals surface area contributed by atoms with E-state index in [1.54, 1.807) is 6.08 Å². The van der Waals surface area contributed by atoms with Gasteiger partial charge in [0.25, 0.3) is 0 Å². The molecule has 0 saturated carbocycles. The summed E-state index contributed by atoms with van der Waals surface area (Å²) in [5, 5.41) is 26.7. The maximum absolute atomic E-state index is 9.07. The van der Waals surface area contributed by atoms with Gasteiger partial charge < -0.3 is 15.3 Å². The second-order valence-electron chi connectivity index (χ2n) is 3.05. The standard InChI is InChI=1S/C8H14O3/c9-6-3-7-1-4-8(10,11)5-2-7/h1,4,7,9-11H,2-3,5-6H2. The van der Waals surface area contributed by atoms with E-state index in [1.165, 1.54) is 6.08 Å². The molecule has 1 aliphatic rings. The van der Waals surface area contributed by atoms with Crippen molar-refractivity contribution in [2.45, 2.75) is 25.0 Å². The number of aliphatic hydroxyl groups is 3. The number of aliphatic hydroxyl groups excluding tert-OH is 1. The first kappa shape index (κ1) is 8.71. The van der Waals surface area contributed by atoms with Gasteiger partial charge in [0.05, 0.1) is 0 Å². The van der Waals surface area contributed by atoms with Crippen LogP contribution in [0.15, 0.2) is 12.2 Å². The monoisotopic (exact) mass is 158 g/mol. The van der Waals surface area contributed by atoms with E-state index in [0.717, 1.165) is 6.42 Å². The van der Waals surface area contributed by atoms with Crippen molar-refractivity contribution >= 4 is 0 Å². The Kier molecular flexibility index (Phi) is 2.65. The van der Waals surface area contributed by atoms with Gasteiger partial charge in [-0.2, -0.15) is 0 Å². The van der Waals surface area contributed by atoms with Crippen molar-refractivity contribution in [2.75, 3.05) is 6.61 Å². The molecule has 0 aromatic carbocycles. The Bertz CT molecular complexity index is 151.